The summed E-state index contributed by atoms with van der Waals surface area (Å²) in [6.45, 7) is 4.62. The summed E-state index contributed by atoms with van der Waals surface area (Å²) >= 11 is 0. The van der Waals surface area contributed by atoms with Gasteiger partial charge in [0.1, 0.15) is 6.54 Å². The number of nitrogens with two attached hydrogens (primary N) is 1. The van der Waals surface area contributed by atoms with Crippen LogP contribution in [0.15, 0.2) is 9.59 Å². The average Bonchev–Trinajstić information content (AvgIpc) is 3.01. The lowest BCUT2D eigenvalue weighted by molar-refractivity contribution is -0.118. The van der Waals surface area contributed by atoms with Crippen molar-refractivity contribution in [2.24, 2.45) is 12.8 Å². The smallest absolute Gasteiger partial charge is 0.332 e. The van der Waals surface area contributed by atoms with Crippen LogP contribution in [0.4, 0.5) is 5.95 Å². The van der Waals surface area contributed by atoms with Crippen molar-refractivity contribution in [1.82, 2.24) is 24.0 Å². The summed E-state index contributed by atoms with van der Waals surface area (Å²) in [5.41, 5.74) is 4.57. The van der Waals surface area contributed by atoms with Crippen LogP contribution in [0.1, 0.15) is 6.92 Å². The van der Waals surface area contributed by atoms with Crippen LogP contribution in [0.2, 0.25) is 0 Å². The summed E-state index contributed by atoms with van der Waals surface area (Å²) in [6, 6.07) is 0. The van der Waals surface area contributed by atoms with Gasteiger partial charge in [-0.1, -0.05) is 5.92 Å². The third kappa shape index (κ3) is 2.97. The number of rotatable bonds is 4. The second-order valence-corrected chi connectivity index (χ2v) is 6.03. The van der Waals surface area contributed by atoms with E-state index in [-0.39, 0.29) is 24.3 Å². The van der Waals surface area contributed by atoms with Crippen LogP contribution in [0.3, 0.4) is 0 Å². The number of nitrogens with one attached hydrogen (secondary N) is 1. The number of primary amides is 1. The summed E-state index contributed by atoms with van der Waals surface area (Å²) < 4.78 is 3.81. The Kier molecular flexibility index (Phi) is 4.81. The standard InChI is InChI=1S/C16H21N7O3/c1-3-4-7-22-12-13(19-15(22)21-8-5-18-6-9-21)23(10-11(17)24)16(26)20(2)14(12)25/h18H,5-10H2,1-2H3,(H2,17,24). The molecule has 0 unspecified atom stereocenters. The Balaban J connectivity index is 2.34. The number of carbonyl (C=O) groups excluding carboxylic acids is 1. The Morgan fingerprint density at radius 3 is 2.58 bits per heavy atom. The lowest BCUT2D eigenvalue weighted by Gasteiger charge is -2.28. The second kappa shape index (κ2) is 7.05. The molecule has 10 heteroatoms. The zero-order valence-corrected chi connectivity index (χ0v) is 14.8. The Morgan fingerprint density at radius 1 is 1.27 bits per heavy atom. The predicted octanol–water partition coefficient (Wildman–Crippen LogP) is -2.19. The van der Waals surface area contributed by atoms with Gasteiger partial charge in [0.05, 0.1) is 6.54 Å². The van der Waals surface area contributed by atoms with Crippen molar-refractivity contribution in [3.05, 3.63) is 20.8 Å². The molecule has 10 nitrogen and oxygen atoms in total. The Morgan fingerprint density at radius 2 is 1.96 bits per heavy atom. The number of imidazole rings is 1. The van der Waals surface area contributed by atoms with E-state index in [1.54, 1.807) is 11.5 Å². The molecule has 3 N–H and O–H groups in total. The number of hydrogen-bond acceptors (Lipinski definition) is 6. The summed E-state index contributed by atoms with van der Waals surface area (Å²) in [7, 11) is 1.37. The highest BCUT2D eigenvalue weighted by Gasteiger charge is 2.24. The highest BCUT2D eigenvalue weighted by molar-refractivity contribution is 5.79. The van der Waals surface area contributed by atoms with Crippen LogP contribution in [-0.4, -0.2) is 50.8 Å². The van der Waals surface area contributed by atoms with E-state index in [0.29, 0.717) is 19.0 Å². The van der Waals surface area contributed by atoms with E-state index in [2.05, 4.69) is 22.1 Å². The molecule has 0 saturated carbocycles. The molecule has 0 bridgehead atoms. The minimum absolute atomic E-state index is 0.156. The number of anilines is 1. The zero-order valence-electron chi connectivity index (χ0n) is 14.8. The minimum atomic E-state index is -0.682. The Bertz CT molecular complexity index is 1030. The molecule has 0 aliphatic carbocycles. The van der Waals surface area contributed by atoms with Crippen LogP contribution < -0.4 is 27.2 Å². The van der Waals surface area contributed by atoms with Gasteiger partial charge in [-0.15, -0.1) is 5.92 Å². The van der Waals surface area contributed by atoms with Gasteiger partial charge in [-0.25, -0.2) is 4.79 Å². The summed E-state index contributed by atoms with van der Waals surface area (Å²) in [5, 5.41) is 3.26. The van der Waals surface area contributed by atoms with Crippen molar-refractivity contribution in [2.75, 3.05) is 31.1 Å². The van der Waals surface area contributed by atoms with Crippen LogP contribution >= 0.6 is 0 Å². The van der Waals surface area contributed by atoms with Gasteiger partial charge in [0.15, 0.2) is 11.2 Å². The topological polar surface area (TPSA) is 120 Å². The number of fused-ring (bicyclic) bond motifs is 1. The molecule has 0 aromatic carbocycles. The van der Waals surface area contributed by atoms with E-state index in [1.807, 2.05) is 4.90 Å². The van der Waals surface area contributed by atoms with Gasteiger partial charge in [-0.3, -0.25) is 23.3 Å². The molecule has 1 aliphatic heterocycles. The van der Waals surface area contributed by atoms with Gasteiger partial charge in [0, 0.05) is 33.2 Å². The van der Waals surface area contributed by atoms with E-state index in [0.717, 1.165) is 22.2 Å². The molecular formula is C16H21N7O3. The first-order chi connectivity index (χ1) is 12.5. The van der Waals surface area contributed by atoms with E-state index in [9.17, 15) is 14.4 Å². The fourth-order valence-corrected chi connectivity index (χ4v) is 3.06. The van der Waals surface area contributed by atoms with Gasteiger partial charge in [-0.2, -0.15) is 4.98 Å². The average molecular weight is 359 g/mol. The van der Waals surface area contributed by atoms with Crippen molar-refractivity contribution in [3.63, 3.8) is 0 Å². The van der Waals surface area contributed by atoms with Gasteiger partial charge in [0.2, 0.25) is 11.9 Å². The third-order valence-corrected chi connectivity index (χ3v) is 4.34. The molecule has 0 atom stereocenters. The number of carbonyl (C=O) groups is 1. The van der Waals surface area contributed by atoms with Crippen LogP contribution in [0.25, 0.3) is 11.2 Å². The molecule has 0 radical (unpaired) electrons. The molecule has 138 valence electrons. The number of piperazine rings is 1. The zero-order chi connectivity index (χ0) is 18.8. The predicted molar refractivity (Wildman–Crippen MR) is 97.0 cm³/mol. The fraction of sp³-hybridized carbons (Fsp3) is 0.500. The molecule has 1 amide bonds. The first kappa shape index (κ1) is 17.8. The minimum Gasteiger partial charge on any atom is -0.368 e. The van der Waals surface area contributed by atoms with Crippen molar-refractivity contribution in [3.8, 4) is 11.8 Å². The quantitative estimate of drug-likeness (QED) is 0.599. The van der Waals surface area contributed by atoms with Gasteiger partial charge < -0.3 is 16.0 Å². The summed E-state index contributed by atoms with van der Waals surface area (Å²) in [4.78, 5) is 43.2. The van der Waals surface area contributed by atoms with Gasteiger partial charge in [0.25, 0.3) is 5.56 Å². The molecule has 3 rings (SSSR count). The largest absolute Gasteiger partial charge is 0.368 e. The van der Waals surface area contributed by atoms with Crippen molar-refractivity contribution in [2.45, 2.75) is 20.0 Å². The van der Waals surface area contributed by atoms with E-state index >= 15 is 0 Å². The second-order valence-electron chi connectivity index (χ2n) is 6.03. The van der Waals surface area contributed by atoms with Gasteiger partial charge in [-0.05, 0) is 6.92 Å². The number of nitrogens with zero attached hydrogens (tertiary/aromatic N) is 5. The molecule has 0 spiro atoms. The number of hydrogen-bond donors (Lipinski definition) is 2. The highest BCUT2D eigenvalue weighted by Crippen LogP contribution is 2.20. The molecule has 1 aliphatic rings. The number of aromatic nitrogens is 4. The summed E-state index contributed by atoms with van der Waals surface area (Å²) in [6.07, 6.45) is 0. The first-order valence-electron chi connectivity index (χ1n) is 8.29. The molecule has 2 aromatic rings. The van der Waals surface area contributed by atoms with E-state index in [1.165, 1.54) is 7.05 Å². The van der Waals surface area contributed by atoms with Crippen molar-refractivity contribution in [1.29, 1.82) is 0 Å². The third-order valence-electron chi connectivity index (χ3n) is 4.34. The first-order valence-corrected chi connectivity index (χ1v) is 8.29. The van der Waals surface area contributed by atoms with Crippen molar-refractivity contribution >= 4 is 23.0 Å². The van der Waals surface area contributed by atoms with Gasteiger partial charge >= 0.3 is 5.69 Å². The van der Waals surface area contributed by atoms with E-state index in [4.69, 9.17) is 5.73 Å². The molecule has 26 heavy (non-hydrogen) atoms. The lowest BCUT2D eigenvalue weighted by atomic mass is 10.4. The van der Waals surface area contributed by atoms with Crippen molar-refractivity contribution < 1.29 is 4.79 Å². The molecule has 2 aromatic heterocycles. The Labute approximate surface area is 149 Å². The molecule has 1 fully saturated rings. The number of amides is 1. The maximum atomic E-state index is 12.8. The molecule has 1 saturated heterocycles. The molecule has 3 heterocycles. The maximum Gasteiger partial charge on any atom is 0.332 e. The van der Waals surface area contributed by atoms with Crippen LogP contribution in [-0.2, 0) is 24.9 Å². The lowest BCUT2D eigenvalue weighted by Crippen LogP contribution is -2.44. The maximum absolute atomic E-state index is 12.8. The Hall–Kier alpha value is -3.06. The fourth-order valence-electron chi connectivity index (χ4n) is 3.06. The van der Waals surface area contributed by atoms with Crippen LogP contribution in [0, 0.1) is 11.8 Å². The normalized spacial score (nSPS) is 14.3. The monoisotopic (exact) mass is 359 g/mol. The van der Waals surface area contributed by atoms with Crippen LogP contribution in [0.5, 0.6) is 0 Å². The van der Waals surface area contributed by atoms with E-state index < -0.39 is 17.2 Å². The SMILES string of the molecule is CC#CCn1c(N2CCNCC2)nc2c1c(=O)n(C)c(=O)n2CC(N)=O. The molecular weight excluding hydrogens is 338 g/mol. The summed E-state index contributed by atoms with van der Waals surface area (Å²) in [5.74, 6) is 5.64. The highest BCUT2D eigenvalue weighted by atomic mass is 16.2.